The molecular weight excluding hydrogens is 272 g/mol. The lowest BCUT2D eigenvalue weighted by molar-refractivity contribution is 0.358. The third kappa shape index (κ3) is 3.16. The maximum absolute atomic E-state index is 12.0. The van der Waals surface area contributed by atoms with Crippen LogP contribution >= 0.6 is 0 Å². The first-order chi connectivity index (χ1) is 9.43. The van der Waals surface area contributed by atoms with Crippen molar-refractivity contribution < 1.29 is 8.42 Å². The molecule has 0 aliphatic heterocycles. The van der Waals surface area contributed by atoms with Gasteiger partial charge in [-0.3, -0.25) is 4.98 Å². The SMILES string of the molecule is CCN(C)CCc1ccnc2cccc(S(C)(=O)=O)c12. The van der Waals surface area contributed by atoms with E-state index in [2.05, 4.69) is 23.9 Å². The fraction of sp³-hybridized carbons (Fsp3) is 0.400. The second kappa shape index (κ2) is 5.89. The van der Waals surface area contributed by atoms with Gasteiger partial charge in [-0.05, 0) is 43.8 Å². The summed E-state index contributed by atoms with van der Waals surface area (Å²) in [6.45, 7) is 3.97. The first-order valence-electron chi connectivity index (χ1n) is 6.68. The topological polar surface area (TPSA) is 50.3 Å². The molecule has 4 nitrogen and oxygen atoms in total. The van der Waals surface area contributed by atoms with E-state index in [0.717, 1.165) is 36.0 Å². The molecule has 0 fully saturated rings. The van der Waals surface area contributed by atoms with Gasteiger partial charge in [0.05, 0.1) is 10.4 Å². The molecule has 0 amide bonds. The Morgan fingerprint density at radius 3 is 2.65 bits per heavy atom. The number of pyridine rings is 1. The van der Waals surface area contributed by atoms with E-state index >= 15 is 0 Å². The first kappa shape index (κ1) is 14.9. The summed E-state index contributed by atoms with van der Waals surface area (Å²) in [5, 5.41) is 0.766. The predicted molar refractivity (Wildman–Crippen MR) is 81.7 cm³/mol. The van der Waals surface area contributed by atoms with Gasteiger partial charge in [-0.2, -0.15) is 0 Å². The number of hydrogen-bond acceptors (Lipinski definition) is 4. The molecule has 0 radical (unpaired) electrons. The Morgan fingerprint density at radius 2 is 2.00 bits per heavy atom. The molecular formula is C15H20N2O2S. The Hall–Kier alpha value is -1.46. The molecule has 0 bridgehead atoms. The minimum Gasteiger partial charge on any atom is -0.306 e. The monoisotopic (exact) mass is 292 g/mol. The number of fused-ring (bicyclic) bond motifs is 1. The molecule has 1 aromatic heterocycles. The summed E-state index contributed by atoms with van der Waals surface area (Å²) in [6.07, 6.45) is 3.81. The van der Waals surface area contributed by atoms with E-state index in [1.54, 1.807) is 18.3 Å². The Morgan fingerprint density at radius 1 is 1.25 bits per heavy atom. The average molecular weight is 292 g/mol. The second-order valence-electron chi connectivity index (χ2n) is 5.04. The van der Waals surface area contributed by atoms with Gasteiger partial charge >= 0.3 is 0 Å². The van der Waals surface area contributed by atoms with Crippen LogP contribution in [-0.2, 0) is 16.3 Å². The molecule has 2 aromatic rings. The van der Waals surface area contributed by atoms with Crippen LogP contribution in [0.3, 0.4) is 0 Å². The van der Waals surface area contributed by atoms with Gasteiger partial charge in [0, 0.05) is 24.4 Å². The molecule has 0 spiro atoms. The minimum absolute atomic E-state index is 0.372. The van der Waals surface area contributed by atoms with Crippen LogP contribution in [0.1, 0.15) is 12.5 Å². The van der Waals surface area contributed by atoms with Gasteiger partial charge in [0.1, 0.15) is 0 Å². The van der Waals surface area contributed by atoms with Crippen molar-refractivity contribution in [3.8, 4) is 0 Å². The highest BCUT2D eigenvalue weighted by atomic mass is 32.2. The molecule has 0 aliphatic carbocycles. The molecule has 0 aliphatic rings. The summed E-state index contributed by atoms with van der Waals surface area (Å²) in [4.78, 5) is 6.86. The van der Waals surface area contributed by atoms with Crippen LogP contribution in [0.5, 0.6) is 0 Å². The highest BCUT2D eigenvalue weighted by molar-refractivity contribution is 7.91. The third-order valence-corrected chi connectivity index (χ3v) is 4.66. The summed E-state index contributed by atoms with van der Waals surface area (Å²) >= 11 is 0. The standard InChI is InChI=1S/C15H20N2O2S/c1-4-17(2)11-9-12-8-10-16-13-6-5-7-14(15(12)13)20(3,18)19/h5-8,10H,4,9,11H2,1-3H3. The Labute approximate surface area is 120 Å². The fourth-order valence-corrected chi connectivity index (χ4v) is 3.16. The molecule has 0 saturated heterocycles. The van der Waals surface area contributed by atoms with Gasteiger partial charge in [-0.25, -0.2) is 8.42 Å². The van der Waals surface area contributed by atoms with E-state index in [1.807, 2.05) is 12.1 Å². The molecule has 0 unspecified atom stereocenters. The molecule has 1 heterocycles. The van der Waals surface area contributed by atoms with Crippen LogP contribution in [0.2, 0.25) is 0 Å². The van der Waals surface area contributed by atoms with Gasteiger partial charge in [0.25, 0.3) is 0 Å². The lowest BCUT2D eigenvalue weighted by atomic mass is 10.1. The zero-order valence-electron chi connectivity index (χ0n) is 12.1. The van der Waals surface area contributed by atoms with Crippen molar-refractivity contribution in [3.63, 3.8) is 0 Å². The highest BCUT2D eigenvalue weighted by Crippen LogP contribution is 2.25. The van der Waals surface area contributed by atoms with Crippen molar-refractivity contribution >= 4 is 20.7 Å². The van der Waals surface area contributed by atoms with Gasteiger partial charge in [-0.15, -0.1) is 0 Å². The molecule has 108 valence electrons. The summed E-state index contributed by atoms with van der Waals surface area (Å²) in [5.41, 5.74) is 1.78. The number of nitrogens with zero attached hydrogens (tertiary/aromatic N) is 2. The Bertz CT molecular complexity index is 706. The van der Waals surface area contributed by atoms with E-state index in [1.165, 1.54) is 6.26 Å². The van der Waals surface area contributed by atoms with E-state index in [9.17, 15) is 8.42 Å². The van der Waals surface area contributed by atoms with Crippen molar-refractivity contribution in [1.82, 2.24) is 9.88 Å². The van der Waals surface area contributed by atoms with Crippen LogP contribution in [0.4, 0.5) is 0 Å². The number of likely N-dealkylation sites (N-methyl/N-ethyl adjacent to an activating group) is 1. The number of sulfone groups is 1. The number of aromatic nitrogens is 1. The summed E-state index contributed by atoms with van der Waals surface area (Å²) in [5.74, 6) is 0. The maximum atomic E-state index is 12.0. The van der Waals surface area contributed by atoms with Gasteiger partial charge in [0.2, 0.25) is 0 Å². The van der Waals surface area contributed by atoms with Crippen LogP contribution < -0.4 is 0 Å². The second-order valence-corrected chi connectivity index (χ2v) is 7.02. The number of hydrogen-bond donors (Lipinski definition) is 0. The predicted octanol–water partition coefficient (Wildman–Crippen LogP) is 2.13. The quantitative estimate of drug-likeness (QED) is 0.847. The zero-order chi connectivity index (χ0) is 14.8. The molecule has 0 N–H and O–H groups in total. The Balaban J connectivity index is 2.55. The van der Waals surface area contributed by atoms with E-state index in [0.29, 0.717) is 4.90 Å². The lowest BCUT2D eigenvalue weighted by Gasteiger charge is -2.15. The van der Waals surface area contributed by atoms with Crippen molar-refractivity contribution in [2.45, 2.75) is 18.2 Å². The van der Waals surface area contributed by atoms with Crippen LogP contribution in [0, 0.1) is 0 Å². The van der Waals surface area contributed by atoms with E-state index < -0.39 is 9.84 Å². The minimum atomic E-state index is -3.25. The molecule has 0 atom stereocenters. The van der Waals surface area contributed by atoms with Gasteiger partial charge in [-0.1, -0.05) is 13.0 Å². The third-order valence-electron chi connectivity index (χ3n) is 3.52. The zero-order valence-corrected chi connectivity index (χ0v) is 12.9. The molecule has 1 aromatic carbocycles. The first-order valence-corrected chi connectivity index (χ1v) is 8.58. The van der Waals surface area contributed by atoms with Crippen molar-refractivity contribution in [3.05, 3.63) is 36.0 Å². The summed E-state index contributed by atoms with van der Waals surface area (Å²) in [7, 11) is -1.19. The van der Waals surface area contributed by atoms with Crippen LogP contribution in [-0.4, -0.2) is 44.7 Å². The summed E-state index contributed by atoms with van der Waals surface area (Å²) < 4.78 is 23.9. The van der Waals surface area contributed by atoms with Crippen molar-refractivity contribution in [1.29, 1.82) is 0 Å². The average Bonchev–Trinajstić information content (AvgIpc) is 2.42. The van der Waals surface area contributed by atoms with Crippen molar-refractivity contribution in [2.75, 3.05) is 26.4 Å². The maximum Gasteiger partial charge on any atom is 0.176 e. The smallest absolute Gasteiger partial charge is 0.176 e. The molecule has 20 heavy (non-hydrogen) atoms. The number of rotatable bonds is 5. The fourth-order valence-electron chi connectivity index (χ4n) is 2.23. The highest BCUT2D eigenvalue weighted by Gasteiger charge is 2.15. The molecule has 0 saturated carbocycles. The largest absolute Gasteiger partial charge is 0.306 e. The van der Waals surface area contributed by atoms with Crippen LogP contribution in [0.15, 0.2) is 35.4 Å². The van der Waals surface area contributed by atoms with Gasteiger partial charge < -0.3 is 4.90 Å². The van der Waals surface area contributed by atoms with E-state index in [-0.39, 0.29) is 0 Å². The van der Waals surface area contributed by atoms with Crippen molar-refractivity contribution in [2.24, 2.45) is 0 Å². The Kier molecular flexibility index (Phi) is 4.40. The normalized spacial score (nSPS) is 12.2. The molecule has 2 rings (SSSR count). The van der Waals surface area contributed by atoms with Gasteiger partial charge in [0.15, 0.2) is 9.84 Å². The summed E-state index contributed by atoms with van der Waals surface area (Å²) in [6, 6.07) is 7.18. The lowest BCUT2D eigenvalue weighted by Crippen LogP contribution is -2.20. The number of benzene rings is 1. The van der Waals surface area contributed by atoms with Crippen LogP contribution in [0.25, 0.3) is 10.9 Å². The van der Waals surface area contributed by atoms with E-state index in [4.69, 9.17) is 0 Å². The molecule has 5 heteroatoms.